The summed E-state index contributed by atoms with van der Waals surface area (Å²) in [4.78, 5) is 11.0. The van der Waals surface area contributed by atoms with Gasteiger partial charge < -0.3 is 14.9 Å². The fraction of sp³-hybridized carbons (Fsp3) is 0.278. The monoisotopic (exact) mass is 300 g/mol. The van der Waals surface area contributed by atoms with Crippen LogP contribution in [-0.4, -0.2) is 16.2 Å². The largest absolute Gasteiger partial charge is 0.489 e. The summed E-state index contributed by atoms with van der Waals surface area (Å²) in [7, 11) is 0. The Kier molecular flexibility index (Phi) is 5.17. The van der Waals surface area contributed by atoms with Crippen molar-refractivity contribution in [2.75, 3.05) is 0 Å². The molecule has 0 bridgehead atoms. The zero-order valence-electron chi connectivity index (χ0n) is 12.5. The standard InChI is InChI=1S/C18H20O4/c1-2-18(21,12-17(19)20)15-9-6-10-16(11-15)22-13-14-7-4-3-5-8-14/h3-11,21H,2,12-13H2,1H3,(H,19,20). The molecule has 1 unspecified atom stereocenters. The van der Waals surface area contributed by atoms with E-state index in [1.165, 1.54) is 0 Å². The SMILES string of the molecule is CCC(O)(CC(=O)O)c1cccc(OCc2ccccc2)c1. The highest BCUT2D eigenvalue weighted by molar-refractivity contribution is 5.68. The molecule has 22 heavy (non-hydrogen) atoms. The van der Waals surface area contributed by atoms with Gasteiger partial charge in [0.05, 0.1) is 12.0 Å². The molecule has 2 aromatic rings. The van der Waals surface area contributed by atoms with Gasteiger partial charge in [0, 0.05) is 0 Å². The molecular weight excluding hydrogens is 280 g/mol. The second kappa shape index (κ2) is 7.09. The predicted octanol–water partition coefficient (Wildman–Crippen LogP) is 3.34. The Bertz CT molecular complexity index is 624. The van der Waals surface area contributed by atoms with Crippen LogP contribution in [0.25, 0.3) is 0 Å². The summed E-state index contributed by atoms with van der Waals surface area (Å²) in [5.41, 5.74) is 0.227. The van der Waals surface area contributed by atoms with Crippen molar-refractivity contribution in [3.8, 4) is 5.75 Å². The Balaban J connectivity index is 2.13. The van der Waals surface area contributed by atoms with E-state index in [4.69, 9.17) is 9.84 Å². The summed E-state index contributed by atoms with van der Waals surface area (Å²) in [6.07, 6.45) is -0.00687. The van der Waals surface area contributed by atoms with Crippen LogP contribution < -0.4 is 4.74 Å². The molecule has 4 heteroatoms. The van der Waals surface area contributed by atoms with Crippen molar-refractivity contribution in [2.45, 2.75) is 32.0 Å². The summed E-state index contributed by atoms with van der Waals surface area (Å²) in [5, 5.41) is 19.5. The van der Waals surface area contributed by atoms with E-state index in [0.717, 1.165) is 5.56 Å². The first kappa shape index (κ1) is 16.0. The molecule has 0 amide bonds. The lowest BCUT2D eigenvalue weighted by atomic mass is 9.88. The van der Waals surface area contributed by atoms with E-state index < -0.39 is 11.6 Å². The minimum atomic E-state index is -1.38. The number of carboxylic acids is 1. The third kappa shape index (κ3) is 4.09. The van der Waals surface area contributed by atoms with E-state index in [-0.39, 0.29) is 6.42 Å². The zero-order valence-corrected chi connectivity index (χ0v) is 12.5. The molecule has 2 rings (SSSR count). The molecule has 2 N–H and O–H groups in total. The van der Waals surface area contributed by atoms with Crippen molar-refractivity contribution in [2.24, 2.45) is 0 Å². The number of benzene rings is 2. The topological polar surface area (TPSA) is 66.8 Å². The van der Waals surface area contributed by atoms with Crippen LogP contribution in [0.5, 0.6) is 5.75 Å². The van der Waals surface area contributed by atoms with E-state index in [1.54, 1.807) is 31.2 Å². The Morgan fingerprint density at radius 2 is 1.86 bits per heavy atom. The lowest BCUT2D eigenvalue weighted by Gasteiger charge is -2.25. The molecule has 1 atom stereocenters. The smallest absolute Gasteiger partial charge is 0.306 e. The highest BCUT2D eigenvalue weighted by atomic mass is 16.5. The maximum absolute atomic E-state index is 11.0. The second-order valence-corrected chi connectivity index (χ2v) is 5.26. The van der Waals surface area contributed by atoms with E-state index in [1.807, 2.05) is 30.3 Å². The molecule has 0 saturated carbocycles. The van der Waals surface area contributed by atoms with Crippen molar-refractivity contribution in [1.29, 1.82) is 0 Å². The highest BCUT2D eigenvalue weighted by Gasteiger charge is 2.30. The maximum atomic E-state index is 11.0. The number of carbonyl (C=O) groups is 1. The van der Waals surface area contributed by atoms with Crippen molar-refractivity contribution < 1.29 is 19.7 Å². The van der Waals surface area contributed by atoms with Gasteiger partial charge in [0.15, 0.2) is 0 Å². The van der Waals surface area contributed by atoms with E-state index >= 15 is 0 Å². The fourth-order valence-corrected chi connectivity index (χ4v) is 2.30. The molecule has 0 aliphatic heterocycles. The fourth-order valence-electron chi connectivity index (χ4n) is 2.30. The van der Waals surface area contributed by atoms with Gasteiger partial charge in [-0.05, 0) is 29.7 Å². The number of hydrogen-bond donors (Lipinski definition) is 2. The predicted molar refractivity (Wildman–Crippen MR) is 83.7 cm³/mol. The van der Waals surface area contributed by atoms with E-state index in [9.17, 15) is 9.90 Å². The quantitative estimate of drug-likeness (QED) is 0.823. The van der Waals surface area contributed by atoms with Gasteiger partial charge in [0.2, 0.25) is 0 Å². The van der Waals surface area contributed by atoms with Crippen LogP contribution in [0.2, 0.25) is 0 Å². The Hall–Kier alpha value is -2.33. The normalized spacial score (nSPS) is 13.4. The van der Waals surface area contributed by atoms with Gasteiger partial charge >= 0.3 is 5.97 Å². The number of carboxylic acid groups (broad SMARTS) is 1. The Morgan fingerprint density at radius 3 is 2.50 bits per heavy atom. The third-order valence-corrected chi connectivity index (χ3v) is 3.65. The van der Waals surface area contributed by atoms with E-state index in [2.05, 4.69) is 0 Å². The molecule has 0 heterocycles. The van der Waals surface area contributed by atoms with Crippen LogP contribution in [0, 0.1) is 0 Å². The average molecular weight is 300 g/mol. The zero-order chi connectivity index (χ0) is 16.0. The van der Waals surface area contributed by atoms with Crippen LogP contribution in [-0.2, 0) is 17.0 Å². The molecule has 0 saturated heterocycles. The van der Waals surface area contributed by atoms with Crippen molar-refractivity contribution in [1.82, 2.24) is 0 Å². The summed E-state index contributed by atoms with van der Waals surface area (Å²) in [5.74, 6) is -0.418. The van der Waals surface area contributed by atoms with Gasteiger partial charge in [0.1, 0.15) is 12.4 Å². The van der Waals surface area contributed by atoms with Crippen molar-refractivity contribution >= 4 is 5.97 Å². The van der Waals surface area contributed by atoms with E-state index in [0.29, 0.717) is 24.3 Å². The molecule has 0 fully saturated rings. The van der Waals surface area contributed by atoms with Gasteiger partial charge in [-0.3, -0.25) is 4.79 Å². The molecule has 0 aliphatic carbocycles. The third-order valence-electron chi connectivity index (χ3n) is 3.65. The molecule has 4 nitrogen and oxygen atoms in total. The first-order valence-corrected chi connectivity index (χ1v) is 7.25. The molecule has 0 aliphatic rings. The lowest BCUT2D eigenvalue weighted by Crippen LogP contribution is -2.28. The van der Waals surface area contributed by atoms with Crippen LogP contribution in [0.4, 0.5) is 0 Å². The summed E-state index contributed by atoms with van der Waals surface area (Å²) >= 11 is 0. The van der Waals surface area contributed by atoms with Gasteiger partial charge in [-0.1, -0.05) is 49.4 Å². The Labute approximate surface area is 130 Å². The molecule has 0 aromatic heterocycles. The summed E-state index contributed by atoms with van der Waals surface area (Å²) < 4.78 is 5.72. The average Bonchev–Trinajstić information content (AvgIpc) is 2.53. The van der Waals surface area contributed by atoms with Crippen LogP contribution in [0.3, 0.4) is 0 Å². The van der Waals surface area contributed by atoms with Gasteiger partial charge in [-0.15, -0.1) is 0 Å². The number of rotatable bonds is 7. The van der Waals surface area contributed by atoms with Crippen LogP contribution in [0.1, 0.15) is 30.9 Å². The minimum absolute atomic E-state index is 0.321. The summed E-state index contributed by atoms with van der Waals surface area (Å²) in [6, 6.07) is 16.7. The van der Waals surface area contributed by atoms with Crippen LogP contribution in [0.15, 0.2) is 54.6 Å². The Morgan fingerprint density at radius 1 is 1.14 bits per heavy atom. The maximum Gasteiger partial charge on any atom is 0.306 e. The first-order valence-electron chi connectivity index (χ1n) is 7.25. The molecular formula is C18H20O4. The van der Waals surface area contributed by atoms with Crippen molar-refractivity contribution in [3.05, 3.63) is 65.7 Å². The minimum Gasteiger partial charge on any atom is -0.489 e. The number of aliphatic hydroxyl groups is 1. The lowest BCUT2D eigenvalue weighted by molar-refractivity contribution is -0.143. The van der Waals surface area contributed by atoms with Gasteiger partial charge in [-0.25, -0.2) is 0 Å². The molecule has 2 aromatic carbocycles. The number of ether oxygens (including phenoxy) is 1. The second-order valence-electron chi connectivity index (χ2n) is 5.26. The summed E-state index contributed by atoms with van der Waals surface area (Å²) in [6.45, 7) is 2.19. The molecule has 116 valence electrons. The molecule has 0 spiro atoms. The molecule has 0 radical (unpaired) electrons. The van der Waals surface area contributed by atoms with Crippen molar-refractivity contribution in [3.63, 3.8) is 0 Å². The number of hydrogen-bond acceptors (Lipinski definition) is 3. The van der Waals surface area contributed by atoms with Crippen LogP contribution >= 0.6 is 0 Å². The highest BCUT2D eigenvalue weighted by Crippen LogP contribution is 2.31. The first-order chi connectivity index (χ1) is 10.5. The number of aliphatic carboxylic acids is 1. The van der Waals surface area contributed by atoms with Gasteiger partial charge in [0.25, 0.3) is 0 Å². The van der Waals surface area contributed by atoms with Gasteiger partial charge in [-0.2, -0.15) is 0 Å².